The Hall–Kier alpha value is -0.930. The first kappa shape index (κ1) is 11.6. The highest BCUT2D eigenvalue weighted by atomic mass is 19.1. The summed E-state index contributed by atoms with van der Waals surface area (Å²) in [5, 5.41) is 0. The molecule has 16 heavy (non-hydrogen) atoms. The van der Waals surface area contributed by atoms with E-state index < -0.39 is 0 Å². The van der Waals surface area contributed by atoms with Crippen LogP contribution in [0.2, 0.25) is 0 Å². The van der Waals surface area contributed by atoms with E-state index in [1.54, 1.807) is 12.1 Å². The summed E-state index contributed by atoms with van der Waals surface area (Å²) in [5.41, 5.74) is 6.79. The number of nitrogens with two attached hydrogens (primary N) is 1. The van der Waals surface area contributed by atoms with Crippen LogP contribution in [0.3, 0.4) is 0 Å². The lowest BCUT2D eigenvalue weighted by atomic mass is 9.81. The van der Waals surface area contributed by atoms with Crippen LogP contribution in [0.15, 0.2) is 24.3 Å². The summed E-state index contributed by atoms with van der Waals surface area (Å²) in [5.74, 6) is -0.177. The fourth-order valence-corrected chi connectivity index (χ4v) is 2.69. The van der Waals surface area contributed by atoms with Gasteiger partial charge in [0.25, 0.3) is 0 Å². The number of nitrogens with zero attached hydrogens (tertiary/aromatic N) is 1. The van der Waals surface area contributed by atoms with Crippen molar-refractivity contribution in [1.82, 2.24) is 4.90 Å². The molecule has 1 heterocycles. The van der Waals surface area contributed by atoms with Gasteiger partial charge in [0.2, 0.25) is 0 Å². The quantitative estimate of drug-likeness (QED) is 0.830. The number of piperidine rings is 1. The number of hydrogen-bond donors (Lipinski definition) is 1. The lowest BCUT2D eigenvalue weighted by Gasteiger charge is -2.45. The topological polar surface area (TPSA) is 29.3 Å². The Morgan fingerprint density at radius 3 is 2.88 bits per heavy atom. The Morgan fingerprint density at radius 1 is 1.44 bits per heavy atom. The van der Waals surface area contributed by atoms with Gasteiger partial charge in [-0.3, -0.25) is 4.90 Å². The number of likely N-dealkylation sites (tertiary alicyclic amines) is 1. The molecule has 0 aromatic heterocycles. The summed E-state index contributed by atoms with van der Waals surface area (Å²) in [7, 11) is 2.08. The Kier molecular flexibility index (Phi) is 3.26. The number of halogens is 1. The Balaban J connectivity index is 2.40. The van der Waals surface area contributed by atoms with E-state index in [1.807, 2.05) is 6.07 Å². The molecule has 1 aromatic carbocycles. The molecule has 2 N–H and O–H groups in total. The Morgan fingerprint density at radius 2 is 2.25 bits per heavy atom. The van der Waals surface area contributed by atoms with Gasteiger partial charge in [-0.05, 0) is 50.6 Å². The summed E-state index contributed by atoms with van der Waals surface area (Å²) in [4.78, 5) is 2.27. The molecular weight excluding hydrogens is 203 g/mol. The number of rotatable bonds is 2. The van der Waals surface area contributed by atoms with E-state index in [4.69, 9.17) is 5.73 Å². The van der Waals surface area contributed by atoms with Crippen molar-refractivity contribution in [3.05, 3.63) is 35.6 Å². The lowest BCUT2D eigenvalue weighted by Crippen LogP contribution is -2.52. The van der Waals surface area contributed by atoms with Crippen LogP contribution < -0.4 is 5.73 Å². The molecule has 0 saturated carbocycles. The van der Waals surface area contributed by atoms with Crippen molar-refractivity contribution in [2.24, 2.45) is 5.73 Å². The zero-order valence-electron chi connectivity index (χ0n) is 9.75. The van der Waals surface area contributed by atoms with Gasteiger partial charge < -0.3 is 5.73 Å². The molecule has 1 aliphatic rings. The summed E-state index contributed by atoms with van der Waals surface area (Å²) in [6.07, 6.45) is 3.38. The van der Waals surface area contributed by atoms with E-state index in [1.165, 1.54) is 12.5 Å². The molecule has 0 bridgehead atoms. The van der Waals surface area contributed by atoms with Crippen molar-refractivity contribution in [1.29, 1.82) is 0 Å². The van der Waals surface area contributed by atoms with Crippen molar-refractivity contribution in [2.45, 2.75) is 24.8 Å². The monoisotopic (exact) mass is 222 g/mol. The zero-order chi connectivity index (χ0) is 11.6. The summed E-state index contributed by atoms with van der Waals surface area (Å²) in [6, 6.07) is 6.85. The SMILES string of the molecule is CN1CCCCC1(CN)c1cccc(F)c1. The minimum absolute atomic E-state index is 0.166. The maximum absolute atomic E-state index is 13.3. The smallest absolute Gasteiger partial charge is 0.123 e. The van der Waals surface area contributed by atoms with Crippen LogP contribution in [0, 0.1) is 5.82 Å². The van der Waals surface area contributed by atoms with Crippen LogP contribution in [-0.2, 0) is 5.54 Å². The van der Waals surface area contributed by atoms with Crippen molar-refractivity contribution >= 4 is 0 Å². The second-order valence-electron chi connectivity index (χ2n) is 4.62. The van der Waals surface area contributed by atoms with Gasteiger partial charge in [-0.1, -0.05) is 12.1 Å². The van der Waals surface area contributed by atoms with E-state index in [2.05, 4.69) is 11.9 Å². The Labute approximate surface area is 96.2 Å². The van der Waals surface area contributed by atoms with Gasteiger partial charge in [0.1, 0.15) is 5.82 Å². The average Bonchev–Trinajstić information content (AvgIpc) is 2.30. The highest BCUT2D eigenvalue weighted by Crippen LogP contribution is 2.35. The van der Waals surface area contributed by atoms with Crippen molar-refractivity contribution in [2.75, 3.05) is 20.1 Å². The van der Waals surface area contributed by atoms with Crippen LogP contribution in [0.4, 0.5) is 4.39 Å². The molecule has 2 nitrogen and oxygen atoms in total. The molecule has 0 spiro atoms. The highest BCUT2D eigenvalue weighted by Gasteiger charge is 2.37. The fourth-order valence-electron chi connectivity index (χ4n) is 2.69. The second kappa shape index (κ2) is 4.52. The Bertz CT molecular complexity index is 367. The molecule has 0 amide bonds. The van der Waals surface area contributed by atoms with Crippen LogP contribution >= 0.6 is 0 Å². The number of hydrogen-bond acceptors (Lipinski definition) is 2. The number of benzene rings is 1. The van der Waals surface area contributed by atoms with E-state index >= 15 is 0 Å². The first-order valence-corrected chi connectivity index (χ1v) is 5.86. The molecule has 1 aromatic rings. The average molecular weight is 222 g/mol. The van der Waals surface area contributed by atoms with E-state index in [0.717, 1.165) is 24.9 Å². The maximum atomic E-state index is 13.3. The minimum Gasteiger partial charge on any atom is -0.328 e. The molecule has 1 unspecified atom stereocenters. The van der Waals surface area contributed by atoms with E-state index in [9.17, 15) is 4.39 Å². The van der Waals surface area contributed by atoms with Crippen LogP contribution in [0.5, 0.6) is 0 Å². The summed E-state index contributed by atoms with van der Waals surface area (Å²) >= 11 is 0. The second-order valence-corrected chi connectivity index (χ2v) is 4.62. The van der Waals surface area contributed by atoms with E-state index in [0.29, 0.717) is 6.54 Å². The molecule has 3 heteroatoms. The fraction of sp³-hybridized carbons (Fsp3) is 0.538. The van der Waals surface area contributed by atoms with Gasteiger partial charge in [-0.25, -0.2) is 4.39 Å². The van der Waals surface area contributed by atoms with Crippen molar-refractivity contribution in [3.8, 4) is 0 Å². The van der Waals surface area contributed by atoms with Gasteiger partial charge >= 0.3 is 0 Å². The van der Waals surface area contributed by atoms with Crippen molar-refractivity contribution < 1.29 is 4.39 Å². The summed E-state index contributed by atoms with van der Waals surface area (Å²) in [6.45, 7) is 1.58. The largest absolute Gasteiger partial charge is 0.328 e. The molecule has 88 valence electrons. The third-order valence-corrected chi connectivity index (χ3v) is 3.76. The van der Waals surface area contributed by atoms with Gasteiger partial charge in [0.15, 0.2) is 0 Å². The summed E-state index contributed by atoms with van der Waals surface area (Å²) < 4.78 is 13.3. The molecule has 1 aliphatic heterocycles. The third-order valence-electron chi connectivity index (χ3n) is 3.76. The third kappa shape index (κ3) is 1.85. The molecule has 1 atom stereocenters. The van der Waals surface area contributed by atoms with Crippen LogP contribution in [0.1, 0.15) is 24.8 Å². The molecule has 0 radical (unpaired) electrons. The first-order valence-electron chi connectivity index (χ1n) is 5.86. The normalized spacial score (nSPS) is 26.9. The molecule has 0 aliphatic carbocycles. The molecule has 1 fully saturated rings. The van der Waals surface area contributed by atoms with E-state index in [-0.39, 0.29) is 11.4 Å². The lowest BCUT2D eigenvalue weighted by molar-refractivity contribution is 0.0781. The predicted molar refractivity (Wildman–Crippen MR) is 63.6 cm³/mol. The molecular formula is C13H19FN2. The zero-order valence-corrected chi connectivity index (χ0v) is 9.75. The van der Waals surface area contributed by atoms with Gasteiger partial charge in [0.05, 0.1) is 5.54 Å². The number of likely N-dealkylation sites (N-methyl/N-ethyl adjacent to an activating group) is 1. The van der Waals surface area contributed by atoms with Crippen LogP contribution in [-0.4, -0.2) is 25.0 Å². The van der Waals surface area contributed by atoms with Gasteiger partial charge in [0, 0.05) is 6.54 Å². The standard InChI is InChI=1S/C13H19FN2/c1-16-8-3-2-7-13(16,10-15)11-5-4-6-12(14)9-11/h4-6,9H,2-3,7-8,10,15H2,1H3. The molecule has 2 rings (SSSR count). The van der Waals surface area contributed by atoms with Gasteiger partial charge in [-0.2, -0.15) is 0 Å². The minimum atomic E-state index is -0.177. The highest BCUT2D eigenvalue weighted by molar-refractivity contribution is 5.26. The van der Waals surface area contributed by atoms with Crippen LogP contribution in [0.25, 0.3) is 0 Å². The van der Waals surface area contributed by atoms with Gasteiger partial charge in [-0.15, -0.1) is 0 Å². The predicted octanol–water partition coefficient (Wildman–Crippen LogP) is 2.10. The van der Waals surface area contributed by atoms with Crippen molar-refractivity contribution in [3.63, 3.8) is 0 Å². The first-order chi connectivity index (χ1) is 7.69. The molecule has 1 saturated heterocycles. The maximum Gasteiger partial charge on any atom is 0.123 e.